The summed E-state index contributed by atoms with van der Waals surface area (Å²) in [6.45, 7) is 4.59. The average Bonchev–Trinajstić information content (AvgIpc) is 2.47. The second kappa shape index (κ2) is 5.72. The molecule has 0 saturated carbocycles. The quantitative estimate of drug-likeness (QED) is 0.610. The Kier molecular flexibility index (Phi) is 4.57. The predicted octanol–water partition coefficient (Wildman–Crippen LogP) is 1.70. The number of thioether (sulfide) groups is 1. The zero-order valence-corrected chi connectivity index (χ0v) is 10.1. The molecule has 15 heavy (non-hydrogen) atoms. The molecule has 0 radical (unpaired) electrons. The predicted molar refractivity (Wildman–Crippen MR) is 66.9 cm³/mol. The highest BCUT2D eigenvalue weighted by Crippen LogP contribution is 2.16. The fourth-order valence-electron chi connectivity index (χ4n) is 1.43. The normalized spacial score (nSPS) is 10.2. The Morgan fingerprint density at radius 3 is 2.93 bits per heavy atom. The number of nitrogen functional groups attached to an aromatic ring is 1. The number of aryl methyl sites for hydroxylation is 2. The summed E-state index contributed by atoms with van der Waals surface area (Å²) in [6.07, 6.45) is 6.19. The summed E-state index contributed by atoms with van der Waals surface area (Å²) in [4.78, 5) is 4.43. The highest BCUT2D eigenvalue weighted by molar-refractivity contribution is 7.99. The van der Waals surface area contributed by atoms with Crippen molar-refractivity contribution in [1.29, 1.82) is 0 Å². The summed E-state index contributed by atoms with van der Waals surface area (Å²) in [5.74, 6) is 6.40. The molecule has 2 N–H and O–H groups in total. The molecular weight excluding hydrogens is 206 g/mol. The van der Waals surface area contributed by atoms with Crippen molar-refractivity contribution in [3.8, 4) is 12.3 Å². The zero-order valence-electron chi connectivity index (χ0n) is 9.29. The van der Waals surface area contributed by atoms with Crippen molar-refractivity contribution >= 4 is 17.6 Å². The van der Waals surface area contributed by atoms with Crippen molar-refractivity contribution in [3.63, 3.8) is 0 Å². The Bertz CT molecular complexity index is 363. The van der Waals surface area contributed by atoms with E-state index in [1.165, 1.54) is 0 Å². The van der Waals surface area contributed by atoms with Crippen LogP contribution in [0.5, 0.6) is 0 Å². The summed E-state index contributed by atoms with van der Waals surface area (Å²) in [5, 5.41) is 0. The Hall–Kier alpha value is -1.08. The molecule has 0 aromatic carbocycles. The van der Waals surface area contributed by atoms with Gasteiger partial charge in [-0.25, -0.2) is 4.98 Å². The van der Waals surface area contributed by atoms with Crippen LogP contribution in [0.2, 0.25) is 0 Å². The standard InChI is InChI=1S/C11H17N3S/c1-4-7-14-9(3)13-10(11(14)12)6-8-15-5-2/h1H,5-8,12H2,2-3H3. The van der Waals surface area contributed by atoms with Crippen LogP contribution < -0.4 is 5.73 Å². The molecule has 0 saturated heterocycles. The molecule has 4 heteroatoms. The van der Waals surface area contributed by atoms with Gasteiger partial charge >= 0.3 is 0 Å². The number of anilines is 1. The van der Waals surface area contributed by atoms with E-state index in [1.54, 1.807) is 0 Å². The average molecular weight is 223 g/mol. The molecule has 82 valence electrons. The zero-order chi connectivity index (χ0) is 11.3. The monoisotopic (exact) mass is 223 g/mol. The van der Waals surface area contributed by atoms with E-state index in [0.29, 0.717) is 6.54 Å². The van der Waals surface area contributed by atoms with E-state index in [9.17, 15) is 0 Å². The highest BCUT2D eigenvalue weighted by atomic mass is 32.2. The van der Waals surface area contributed by atoms with Gasteiger partial charge in [0.15, 0.2) is 0 Å². The van der Waals surface area contributed by atoms with Crippen molar-refractivity contribution in [3.05, 3.63) is 11.5 Å². The Balaban J connectivity index is 2.73. The van der Waals surface area contributed by atoms with Crippen molar-refractivity contribution in [2.24, 2.45) is 0 Å². The van der Waals surface area contributed by atoms with E-state index in [2.05, 4.69) is 17.8 Å². The molecule has 0 aliphatic rings. The first-order chi connectivity index (χ1) is 7.20. The van der Waals surface area contributed by atoms with Gasteiger partial charge in [0.1, 0.15) is 11.6 Å². The van der Waals surface area contributed by atoms with E-state index in [4.69, 9.17) is 12.2 Å². The Morgan fingerprint density at radius 2 is 2.33 bits per heavy atom. The SMILES string of the molecule is C#CCn1c(C)nc(CCSCC)c1N. The number of terminal acetylenes is 1. The van der Waals surface area contributed by atoms with Gasteiger partial charge in [-0.05, 0) is 18.4 Å². The number of aromatic nitrogens is 2. The fourth-order valence-corrected chi connectivity index (χ4v) is 2.06. The number of nitrogens with zero attached hydrogens (tertiary/aromatic N) is 2. The van der Waals surface area contributed by atoms with Gasteiger partial charge in [0.2, 0.25) is 0 Å². The molecule has 0 amide bonds. The van der Waals surface area contributed by atoms with Crippen LogP contribution in [0.25, 0.3) is 0 Å². The van der Waals surface area contributed by atoms with Gasteiger partial charge in [0, 0.05) is 6.42 Å². The first kappa shape index (κ1) is 12.0. The minimum absolute atomic E-state index is 0.506. The number of hydrogen-bond donors (Lipinski definition) is 1. The van der Waals surface area contributed by atoms with Gasteiger partial charge in [-0.15, -0.1) is 6.42 Å². The number of imidazole rings is 1. The highest BCUT2D eigenvalue weighted by Gasteiger charge is 2.10. The van der Waals surface area contributed by atoms with E-state index < -0.39 is 0 Å². The van der Waals surface area contributed by atoms with Gasteiger partial charge in [-0.3, -0.25) is 0 Å². The first-order valence-electron chi connectivity index (χ1n) is 5.03. The van der Waals surface area contributed by atoms with E-state index in [-0.39, 0.29) is 0 Å². The molecule has 0 unspecified atom stereocenters. The van der Waals surface area contributed by atoms with Gasteiger partial charge < -0.3 is 10.3 Å². The van der Waals surface area contributed by atoms with Gasteiger partial charge in [-0.2, -0.15) is 11.8 Å². The summed E-state index contributed by atoms with van der Waals surface area (Å²) < 4.78 is 1.88. The van der Waals surface area contributed by atoms with Crippen LogP contribution >= 0.6 is 11.8 Å². The molecule has 0 fully saturated rings. The van der Waals surface area contributed by atoms with Crippen molar-refractivity contribution in [2.45, 2.75) is 26.8 Å². The van der Waals surface area contributed by atoms with Crippen molar-refractivity contribution in [1.82, 2.24) is 9.55 Å². The lowest BCUT2D eigenvalue weighted by Gasteiger charge is -2.02. The molecule has 1 rings (SSSR count). The topological polar surface area (TPSA) is 43.8 Å². The lowest BCUT2D eigenvalue weighted by atomic mass is 10.3. The molecule has 0 bridgehead atoms. The summed E-state index contributed by atoms with van der Waals surface area (Å²) >= 11 is 1.89. The Labute approximate surface area is 95.5 Å². The molecule has 3 nitrogen and oxygen atoms in total. The summed E-state index contributed by atoms with van der Waals surface area (Å²) in [5.41, 5.74) is 6.94. The molecule has 0 atom stereocenters. The third-order valence-corrected chi connectivity index (χ3v) is 3.11. The maximum absolute atomic E-state index is 5.97. The van der Waals surface area contributed by atoms with Gasteiger partial charge in [-0.1, -0.05) is 12.8 Å². The largest absolute Gasteiger partial charge is 0.384 e. The maximum atomic E-state index is 5.97. The van der Waals surface area contributed by atoms with Crippen LogP contribution in [-0.2, 0) is 13.0 Å². The fraction of sp³-hybridized carbons (Fsp3) is 0.545. The number of hydrogen-bond acceptors (Lipinski definition) is 3. The third kappa shape index (κ3) is 2.93. The van der Waals surface area contributed by atoms with Gasteiger partial charge in [0.25, 0.3) is 0 Å². The summed E-state index contributed by atoms with van der Waals surface area (Å²) in [7, 11) is 0. The summed E-state index contributed by atoms with van der Waals surface area (Å²) in [6, 6.07) is 0. The second-order valence-corrected chi connectivity index (χ2v) is 4.62. The first-order valence-corrected chi connectivity index (χ1v) is 6.18. The van der Waals surface area contributed by atoms with Crippen LogP contribution in [0.1, 0.15) is 18.4 Å². The van der Waals surface area contributed by atoms with Crippen LogP contribution in [0, 0.1) is 19.3 Å². The molecule has 0 aliphatic heterocycles. The van der Waals surface area contributed by atoms with Crippen LogP contribution in [0.15, 0.2) is 0 Å². The van der Waals surface area contributed by atoms with Crippen LogP contribution in [0.4, 0.5) is 5.82 Å². The molecule has 1 aromatic rings. The van der Waals surface area contributed by atoms with Crippen molar-refractivity contribution < 1.29 is 0 Å². The van der Waals surface area contributed by atoms with E-state index in [0.717, 1.165) is 35.3 Å². The molecule has 0 spiro atoms. The van der Waals surface area contributed by atoms with E-state index >= 15 is 0 Å². The molecule has 1 heterocycles. The molecule has 0 aliphatic carbocycles. The second-order valence-electron chi connectivity index (χ2n) is 3.23. The molecule has 1 aromatic heterocycles. The smallest absolute Gasteiger partial charge is 0.127 e. The maximum Gasteiger partial charge on any atom is 0.127 e. The lowest BCUT2D eigenvalue weighted by Crippen LogP contribution is -2.04. The lowest BCUT2D eigenvalue weighted by molar-refractivity contribution is 0.807. The van der Waals surface area contributed by atoms with Crippen LogP contribution in [-0.4, -0.2) is 21.1 Å². The van der Waals surface area contributed by atoms with Crippen molar-refractivity contribution in [2.75, 3.05) is 17.2 Å². The Morgan fingerprint density at radius 1 is 1.60 bits per heavy atom. The number of rotatable bonds is 5. The minimum atomic E-state index is 0.506. The van der Waals surface area contributed by atoms with Crippen LogP contribution in [0.3, 0.4) is 0 Å². The minimum Gasteiger partial charge on any atom is -0.384 e. The number of nitrogens with two attached hydrogens (primary N) is 1. The van der Waals surface area contributed by atoms with Gasteiger partial charge in [0.05, 0.1) is 12.2 Å². The molecular formula is C11H17N3S. The van der Waals surface area contributed by atoms with E-state index in [1.807, 2.05) is 23.3 Å². The third-order valence-electron chi connectivity index (χ3n) is 2.21.